The van der Waals surface area contributed by atoms with Crippen LogP contribution in [0, 0.1) is 0 Å². The number of thiocarbonyl (C=S) groups is 1. The van der Waals surface area contributed by atoms with Crippen LogP contribution < -0.4 is 5.32 Å². The van der Waals surface area contributed by atoms with Crippen LogP contribution in [0.25, 0.3) is 0 Å². The fourth-order valence-corrected chi connectivity index (χ4v) is 4.78. The lowest BCUT2D eigenvalue weighted by molar-refractivity contribution is 0.317. The summed E-state index contributed by atoms with van der Waals surface area (Å²) in [6.07, 6.45) is 3.30. The van der Waals surface area contributed by atoms with E-state index in [4.69, 9.17) is 12.2 Å². The van der Waals surface area contributed by atoms with Gasteiger partial charge in [0.05, 0.1) is 24.2 Å². The van der Waals surface area contributed by atoms with Gasteiger partial charge in [0.2, 0.25) is 15.0 Å². The second kappa shape index (κ2) is 11.2. The van der Waals surface area contributed by atoms with E-state index in [-0.39, 0.29) is 10.9 Å². The minimum absolute atomic E-state index is 0.0585. The molecule has 0 unspecified atom stereocenters. The summed E-state index contributed by atoms with van der Waals surface area (Å²) in [6, 6.07) is 9.13. The Labute approximate surface area is 185 Å². The van der Waals surface area contributed by atoms with Crippen LogP contribution in [-0.4, -0.2) is 66.6 Å². The fourth-order valence-electron chi connectivity index (χ4n) is 2.98. The standard InChI is InChI=1S/C21H31N5O2S2/c1-5-12-26-19(16-25(14-13-24(3)4)20(29)22-6-2)15-23-21(26)30(27,28)17-18-10-8-7-9-11-18/h5,7-11,15H,1,6,12-14,16-17H2,2-4H3,(H,22,29). The Kier molecular flexibility index (Phi) is 9.01. The Balaban J connectivity index is 2.32. The molecule has 1 N–H and O–H groups in total. The van der Waals surface area contributed by atoms with Crippen LogP contribution in [0.4, 0.5) is 0 Å². The first-order chi connectivity index (χ1) is 14.3. The van der Waals surface area contributed by atoms with Gasteiger partial charge in [0.1, 0.15) is 0 Å². The minimum atomic E-state index is -3.61. The van der Waals surface area contributed by atoms with Gasteiger partial charge in [-0.3, -0.25) is 0 Å². The quantitative estimate of drug-likeness (QED) is 0.417. The van der Waals surface area contributed by atoms with E-state index in [1.165, 1.54) is 0 Å². The van der Waals surface area contributed by atoms with Crippen molar-refractivity contribution < 1.29 is 8.42 Å². The van der Waals surface area contributed by atoms with Gasteiger partial charge in [-0.25, -0.2) is 13.4 Å². The third-order valence-electron chi connectivity index (χ3n) is 4.48. The van der Waals surface area contributed by atoms with Gasteiger partial charge in [0.15, 0.2) is 5.11 Å². The highest BCUT2D eigenvalue weighted by Gasteiger charge is 2.24. The molecule has 1 aromatic carbocycles. The summed E-state index contributed by atoms with van der Waals surface area (Å²) in [5.41, 5.74) is 1.51. The molecule has 164 valence electrons. The molecule has 1 aromatic heterocycles. The fraction of sp³-hybridized carbons (Fsp3) is 0.429. The van der Waals surface area contributed by atoms with Crippen molar-refractivity contribution in [2.24, 2.45) is 0 Å². The molecule has 0 fully saturated rings. The highest BCUT2D eigenvalue weighted by Crippen LogP contribution is 2.19. The molecule has 0 saturated carbocycles. The van der Waals surface area contributed by atoms with Crippen molar-refractivity contribution in [2.45, 2.75) is 30.9 Å². The molecule has 0 atom stereocenters. The molecule has 9 heteroatoms. The maximum Gasteiger partial charge on any atom is 0.228 e. The third kappa shape index (κ3) is 6.65. The van der Waals surface area contributed by atoms with Crippen molar-refractivity contribution in [1.29, 1.82) is 0 Å². The molecule has 7 nitrogen and oxygen atoms in total. The lowest BCUT2D eigenvalue weighted by atomic mass is 10.2. The van der Waals surface area contributed by atoms with Gasteiger partial charge in [-0.1, -0.05) is 36.4 Å². The SMILES string of the molecule is C=CCn1c(CN(CCN(C)C)C(=S)NCC)cnc1S(=O)(=O)Cc1ccccc1. The van der Waals surface area contributed by atoms with E-state index in [2.05, 4.69) is 21.8 Å². The molecule has 0 spiro atoms. The van der Waals surface area contributed by atoms with Crippen LogP contribution >= 0.6 is 12.2 Å². The van der Waals surface area contributed by atoms with Gasteiger partial charge in [0, 0.05) is 26.2 Å². The van der Waals surface area contributed by atoms with Gasteiger partial charge >= 0.3 is 0 Å². The van der Waals surface area contributed by atoms with E-state index in [0.717, 1.165) is 24.3 Å². The van der Waals surface area contributed by atoms with E-state index < -0.39 is 9.84 Å². The number of hydrogen-bond acceptors (Lipinski definition) is 5. The molecule has 2 aromatic rings. The van der Waals surface area contributed by atoms with Crippen LogP contribution in [0.5, 0.6) is 0 Å². The summed E-state index contributed by atoms with van der Waals surface area (Å²) in [5.74, 6) is -0.0957. The average molecular weight is 450 g/mol. The Bertz CT molecular complexity index is 940. The Morgan fingerprint density at radius 3 is 2.57 bits per heavy atom. The first kappa shape index (κ1) is 24.0. The number of nitrogens with zero attached hydrogens (tertiary/aromatic N) is 4. The van der Waals surface area contributed by atoms with E-state index in [9.17, 15) is 8.42 Å². The number of imidazole rings is 1. The van der Waals surface area contributed by atoms with Crippen LogP contribution in [0.1, 0.15) is 18.2 Å². The molecule has 0 saturated heterocycles. The zero-order valence-corrected chi connectivity index (χ0v) is 19.5. The van der Waals surface area contributed by atoms with Crippen molar-refractivity contribution >= 4 is 27.2 Å². The third-order valence-corrected chi connectivity index (χ3v) is 6.47. The van der Waals surface area contributed by atoms with Crippen LogP contribution in [-0.2, 0) is 28.7 Å². The Hall–Kier alpha value is -2.23. The zero-order chi connectivity index (χ0) is 22.1. The first-order valence-electron chi connectivity index (χ1n) is 9.88. The summed E-state index contributed by atoms with van der Waals surface area (Å²) in [7, 11) is 0.401. The summed E-state index contributed by atoms with van der Waals surface area (Å²) < 4.78 is 27.9. The number of benzene rings is 1. The molecule has 2 rings (SSSR count). The number of nitrogens with one attached hydrogen (secondary N) is 1. The van der Waals surface area contributed by atoms with Crippen LogP contribution in [0.3, 0.4) is 0 Å². The first-order valence-corrected chi connectivity index (χ1v) is 11.9. The van der Waals surface area contributed by atoms with Gasteiger partial charge in [0.25, 0.3) is 0 Å². The molecule has 1 heterocycles. The van der Waals surface area contributed by atoms with E-state index in [1.54, 1.807) is 29.0 Å². The number of allylic oxidation sites excluding steroid dienone is 1. The number of likely N-dealkylation sites (N-methyl/N-ethyl adjacent to an activating group) is 1. The number of aromatic nitrogens is 2. The van der Waals surface area contributed by atoms with Crippen molar-refractivity contribution in [2.75, 3.05) is 33.7 Å². The molecular weight excluding hydrogens is 418 g/mol. The molecule has 0 aliphatic rings. The van der Waals surface area contributed by atoms with Gasteiger partial charge in [-0.2, -0.15) is 0 Å². The van der Waals surface area contributed by atoms with Gasteiger partial charge in [-0.05, 0) is 38.8 Å². The van der Waals surface area contributed by atoms with Crippen molar-refractivity contribution in [1.82, 2.24) is 24.7 Å². The average Bonchev–Trinajstić information content (AvgIpc) is 3.09. The minimum Gasteiger partial charge on any atom is -0.363 e. The van der Waals surface area contributed by atoms with Crippen molar-refractivity contribution in [3.05, 3.63) is 60.4 Å². The smallest absolute Gasteiger partial charge is 0.228 e. The van der Waals surface area contributed by atoms with Crippen molar-refractivity contribution in [3.8, 4) is 0 Å². The maximum absolute atomic E-state index is 13.1. The lowest BCUT2D eigenvalue weighted by Gasteiger charge is -2.27. The Morgan fingerprint density at radius 1 is 1.27 bits per heavy atom. The van der Waals surface area contributed by atoms with Crippen LogP contribution in [0.15, 0.2) is 54.3 Å². The summed E-state index contributed by atoms with van der Waals surface area (Å²) in [5, 5.41) is 3.88. The summed E-state index contributed by atoms with van der Waals surface area (Å²) >= 11 is 5.53. The number of rotatable bonds is 11. The molecule has 0 amide bonds. The topological polar surface area (TPSA) is 70.5 Å². The highest BCUT2D eigenvalue weighted by molar-refractivity contribution is 7.90. The largest absolute Gasteiger partial charge is 0.363 e. The van der Waals surface area contributed by atoms with Crippen molar-refractivity contribution in [3.63, 3.8) is 0 Å². The molecule has 0 aliphatic heterocycles. The Morgan fingerprint density at radius 2 is 1.97 bits per heavy atom. The van der Waals surface area contributed by atoms with Gasteiger partial charge in [-0.15, -0.1) is 6.58 Å². The molecule has 0 radical (unpaired) electrons. The molecular formula is C21H31N5O2S2. The molecule has 30 heavy (non-hydrogen) atoms. The second-order valence-corrected chi connectivity index (χ2v) is 9.51. The normalized spacial score (nSPS) is 11.5. The number of sulfone groups is 1. The monoisotopic (exact) mass is 449 g/mol. The van der Waals surface area contributed by atoms with E-state index >= 15 is 0 Å². The predicted octanol–water partition coefficient (Wildman–Crippen LogP) is 2.30. The highest BCUT2D eigenvalue weighted by atomic mass is 32.2. The predicted molar refractivity (Wildman–Crippen MR) is 125 cm³/mol. The lowest BCUT2D eigenvalue weighted by Crippen LogP contribution is -2.42. The van der Waals surface area contributed by atoms with E-state index in [1.807, 2.05) is 44.1 Å². The second-order valence-electron chi connectivity index (χ2n) is 7.24. The summed E-state index contributed by atoms with van der Waals surface area (Å²) in [6.45, 7) is 8.85. The molecule has 0 bridgehead atoms. The maximum atomic E-state index is 13.1. The van der Waals surface area contributed by atoms with Crippen LogP contribution in [0.2, 0.25) is 0 Å². The number of hydrogen-bond donors (Lipinski definition) is 1. The summed E-state index contributed by atoms with van der Waals surface area (Å²) in [4.78, 5) is 8.40. The van der Waals surface area contributed by atoms with Gasteiger partial charge < -0.3 is 19.7 Å². The zero-order valence-electron chi connectivity index (χ0n) is 17.9. The molecule has 0 aliphatic carbocycles. The van der Waals surface area contributed by atoms with E-state index in [0.29, 0.717) is 24.7 Å².